The second-order valence-electron chi connectivity index (χ2n) is 0.0833. The zero-order valence-corrected chi connectivity index (χ0v) is 2.88. The van der Waals surface area contributed by atoms with Crippen LogP contribution < -0.4 is 0 Å². The predicted octanol–water partition coefficient (Wildman–Crippen LogP) is -2.34. The summed E-state index contributed by atoms with van der Waals surface area (Å²) in [5.41, 5.74) is 0. The molecule has 0 radical (unpaired) electrons. The fraction of sp³-hybridized carbons (Fsp3) is 0. The van der Waals surface area contributed by atoms with Gasteiger partial charge in [0.25, 0.3) is 0 Å². The first kappa shape index (κ1) is 16.0. The molecule has 0 heterocycles. The molecular weight excluding hydrogens is 131 g/mol. The Bertz CT molecular complexity index is 30.6. The Hall–Kier alpha value is 1.53. The van der Waals surface area contributed by atoms with E-state index < -0.39 is 19.1 Å². The van der Waals surface area contributed by atoms with Gasteiger partial charge < -0.3 is 0 Å². The van der Waals surface area contributed by atoms with Crippen LogP contribution in [0.4, 0.5) is 0 Å². The summed E-state index contributed by atoms with van der Waals surface area (Å²) in [7, 11) is 0. The molecule has 0 spiro atoms. The minimum Gasteiger partial charge on any atom is -0.0149 e. The molecule has 0 unspecified atom stereocenters. The zero-order valence-electron chi connectivity index (χ0n) is 1.32. The summed E-state index contributed by atoms with van der Waals surface area (Å²) in [6.45, 7) is 0. The largest absolute Gasteiger partial charge is 0.0149 e. The number of hydrogen-bond acceptors (Lipinski definition) is 2. The Morgan fingerprint density at radius 2 is 1.20 bits per heavy atom. The Kier molecular flexibility index (Phi) is 56.8. The molecule has 0 aliphatic carbocycles. The molecule has 0 bridgehead atoms. The van der Waals surface area contributed by atoms with Gasteiger partial charge in [-0.1, -0.05) is 0 Å². The molecule has 0 aromatic rings. The van der Waals surface area contributed by atoms with Gasteiger partial charge in [0.05, 0.1) is 0 Å². The molecule has 26 valence electrons. The molecule has 5 heavy (non-hydrogen) atoms. The third-order valence-corrected chi connectivity index (χ3v) is 0. The molecule has 0 aromatic heterocycles. The fourth-order valence-corrected chi connectivity index (χ4v) is 0. The van der Waals surface area contributed by atoms with Crippen LogP contribution in [0.25, 0.3) is 0 Å². The minimum atomic E-state index is -2.00. The van der Waals surface area contributed by atoms with Gasteiger partial charge in [-0.25, -0.2) is 0 Å². The SMILES string of the molecule is [NaH].[O]=[Ti]=[O].[SiH4]. The molecule has 0 rings (SSSR count). The van der Waals surface area contributed by atoms with Crippen molar-refractivity contribution in [3.05, 3.63) is 0 Å². The van der Waals surface area contributed by atoms with Crippen molar-refractivity contribution in [1.29, 1.82) is 0 Å². The van der Waals surface area contributed by atoms with E-state index in [0.717, 1.165) is 0 Å². The second-order valence-corrected chi connectivity index (χ2v) is 0.344. The fourth-order valence-electron chi connectivity index (χ4n) is 0. The van der Waals surface area contributed by atoms with Gasteiger partial charge in [0.1, 0.15) is 0 Å². The predicted molar refractivity (Wildman–Crippen MR) is 19.9 cm³/mol. The molecule has 0 atom stereocenters. The van der Waals surface area contributed by atoms with Crippen LogP contribution in [0.3, 0.4) is 0 Å². The van der Waals surface area contributed by atoms with Gasteiger partial charge >= 0.3 is 55.3 Å². The molecule has 0 saturated carbocycles. The maximum Gasteiger partial charge on any atom is -0.0149 e. The van der Waals surface area contributed by atoms with E-state index in [2.05, 4.69) is 0 Å². The second kappa shape index (κ2) is 17.7. The average Bonchev–Trinajstić information content (AvgIpc) is 0.918. The Labute approximate surface area is 65.6 Å². The van der Waals surface area contributed by atoms with E-state index in [1.807, 2.05) is 0 Å². The van der Waals surface area contributed by atoms with Crippen LogP contribution in [0.2, 0.25) is 0 Å². The normalized spacial score (nSPS) is 1.60. The standard InChI is InChI=1S/Na.2O.H4Si.Ti.H/h;;;1H4;;. The van der Waals surface area contributed by atoms with Crippen LogP contribution in [0, 0.1) is 0 Å². The van der Waals surface area contributed by atoms with Gasteiger partial charge in [0.15, 0.2) is 0 Å². The van der Waals surface area contributed by atoms with Crippen LogP contribution in [0.15, 0.2) is 0 Å². The van der Waals surface area contributed by atoms with Gasteiger partial charge in [-0.15, -0.1) is 0 Å². The molecule has 0 aromatic carbocycles. The van der Waals surface area contributed by atoms with Crippen LogP contribution >= 0.6 is 0 Å². The number of hydrogen-bond donors (Lipinski definition) is 0. The van der Waals surface area contributed by atoms with E-state index in [0.29, 0.717) is 0 Å². The smallest absolute Gasteiger partial charge is 0.0149 e. The van der Waals surface area contributed by atoms with Crippen molar-refractivity contribution >= 4 is 40.5 Å². The molecule has 0 saturated heterocycles. The molecule has 0 amide bonds. The van der Waals surface area contributed by atoms with Crippen molar-refractivity contribution in [2.24, 2.45) is 0 Å². The zero-order chi connectivity index (χ0) is 2.71. The molecule has 0 fully saturated rings. The maximum absolute atomic E-state index is 8.50. The van der Waals surface area contributed by atoms with Crippen molar-refractivity contribution in [2.45, 2.75) is 0 Å². The van der Waals surface area contributed by atoms with Gasteiger partial charge in [0.2, 0.25) is 0 Å². The summed E-state index contributed by atoms with van der Waals surface area (Å²) >= 11 is -2.00. The third-order valence-electron chi connectivity index (χ3n) is 0. The van der Waals surface area contributed by atoms with Crippen LogP contribution in [0.1, 0.15) is 0 Å². The van der Waals surface area contributed by atoms with E-state index >= 15 is 0 Å². The van der Waals surface area contributed by atoms with Crippen LogP contribution in [0.5, 0.6) is 0 Å². The van der Waals surface area contributed by atoms with Gasteiger partial charge in [-0.3, -0.25) is 0 Å². The Balaban J connectivity index is -0.0000000200. The first-order valence-electron chi connectivity index (χ1n) is 0.408. The number of rotatable bonds is 0. The van der Waals surface area contributed by atoms with Crippen molar-refractivity contribution in [1.82, 2.24) is 0 Å². The Morgan fingerprint density at radius 3 is 1.20 bits per heavy atom. The quantitative estimate of drug-likeness (QED) is 0.350. The summed E-state index contributed by atoms with van der Waals surface area (Å²) in [5.74, 6) is 0. The summed E-state index contributed by atoms with van der Waals surface area (Å²) in [6, 6.07) is 0. The molecular formula is H5NaO2SiTi. The monoisotopic (exact) mass is 136 g/mol. The molecule has 0 aliphatic heterocycles. The summed E-state index contributed by atoms with van der Waals surface area (Å²) in [4.78, 5) is 0. The first-order valence-corrected chi connectivity index (χ1v) is 1.68. The van der Waals surface area contributed by atoms with E-state index in [-0.39, 0.29) is 40.5 Å². The summed E-state index contributed by atoms with van der Waals surface area (Å²) in [6.07, 6.45) is 0. The van der Waals surface area contributed by atoms with Crippen LogP contribution in [-0.4, -0.2) is 40.5 Å². The molecule has 2 nitrogen and oxygen atoms in total. The van der Waals surface area contributed by atoms with Gasteiger partial charge in [-0.05, 0) is 11.0 Å². The molecule has 5 heteroatoms. The van der Waals surface area contributed by atoms with Crippen molar-refractivity contribution in [3.63, 3.8) is 0 Å². The molecule has 0 N–H and O–H groups in total. The molecule has 0 aliphatic rings. The first-order chi connectivity index (χ1) is 1.41. The van der Waals surface area contributed by atoms with Gasteiger partial charge in [0, 0.05) is 0 Å². The average molecular weight is 136 g/mol. The Morgan fingerprint density at radius 1 is 1.20 bits per heavy atom. The summed E-state index contributed by atoms with van der Waals surface area (Å²) < 4.78 is 17.0. The third kappa shape index (κ3) is 29.4. The van der Waals surface area contributed by atoms with E-state index in [9.17, 15) is 0 Å². The van der Waals surface area contributed by atoms with Crippen molar-refractivity contribution < 1.29 is 25.7 Å². The van der Waals surface area contributed by atoms with Crippen molar-refractivity contribution in [3.8, 4) is 0 Å². The van der Waals surface area contributed by atoms with Gasteiger partial charge in [-0.2, -0.15) is 0 Å². The topological polar surface area (TPSA) is 34.1 Å². The van der Waals surface area contributed by atoms with E-state index in [1.165, 1.54) is 0 Å². The summed E-state index contributed by atoms with van der Waals surface area (Å²) in [5, 5.41) is 0. The van der Waals surface area contributed by atoms with Crippen molar-refractivity contribution in [2.75, 3.05) is 0 Å². The van der Waals surface area contributed by atoms with Crippen LogP contribution in [-0.2, 0) is 25.7 Å². The van der Waals surface area contributed by atoms with E-state index in [1.54, 1.807) is 0 Å². The maximum atomic E-state index is 8.50. The van der Waals surface area contributed by atoms with E-state index in [4.69, 9.17) is 6.65 Å². The minimum absolute atomic E-state index is 0.